The van der Waals surface area contributed by atoms with E-state index in [1.54, 1.807) is 25.1 Å². The number of carbonyl (C=O) groups is 1. The molecule has 0 atom stereocenters. The fourth-order valence-corrected chi connectivity index (χ4v) is 4.13. The largest absolute Gasteiger partial charge is 0.462 e. The molecule has 1 aliphatic rings. The summed E-state index contributed by atoms with van der Waals surface area (Å²) in [5, 5.41) is 0.556. The summed E-state index contributed by atoms with van der Waals surface area (Å²) in [4.78, 5) is 31.0. The predicted octanol–water partition coefficient (Wildman–Crippen LogP) is 4.17. The molecule has 1 aromatic carbocycles. The van der Waals surface area contributed by atoms with E-state index < -0.39 is 5.97 Å². The van der Waals surface area contributed by atoms with E-state index in [1.165, 1.54) is 32.1 Å². The van der Waals surface area contributed by atoms with Crippen molar-refractivity contribution >= 4 is 16.9 Å². The average Bonchev–Trinajstić information content (AvgIpc) is 2.68. The molecule has 5 heteroatoms. The van der Waals surface area contributed by atoms with Crippen molar-refractivity contribution < 1.29 is 9.53 Å². The van der Waals surface area contributed by atoms with E-state index in [1.807, 2.05) is 6.92 Å². The van der Waals surface area contributed by atoms with Crippen molar-refractivity contribution in [1.29, 1.82) is 0 Å². The number of H-pyrrole nitrogens is 1. The van der Waals surface area contributed by atoms with Gasteiger partial charge < -0.3 is 9.72 Å². The Bertz CT molecular complexity index is 866. The molecule has 1 saturated carbocycles. The number of nitrogens with zero attached hydrogens (tertiary/aromatic N) is 1. The molecule has 0 aliphatic heterocycles. The maximum atomic E-state index is 13.2. The SMILES string of the molecule is CCOC(=O)c1ccc2[nH]c(C)c(CN(CC)C3CCCCC3)c(=O)c2c1. The van der Waals surface area contributed by atoms with Crippen molar-refractivity contribution in [3.63, 3.8) is 0 Å². The highest BCUT2D eigenvalue weighted by molar-refractivity contribution is 5.94. The molecule has 0 unspecified atom stereocenters. The van der Waals surface area contributed by atoms with Crippen LogP contribution in [0, 0.1) is 6.92 Å². The molecule has 0 spiro atoms. The van der Waals surface area contributed by atoms with Gasteiger partial charge in [0.1, 0.15) is 0 Å². The molecular weight excluding hydrogens is 340 g/mol. The van der Waals surface area contributed by atoms with Gasteiger partial charge in [0.05, 0.1) is 12.2 Å². The Hall–Kier alpha value is -2.14. The van der Waals surface area contributed by atoms with Gasteiger partial charge >= 0.3 is 5.97 Å². The maximum absolute atomic E-state index is 13.2. The van der Waals surface area contributed by atoms with Gasteiger partial charge in [-0.3, -0.25) is 9.69 Å². The molecule has 0 amide bonds. The number of nitrogens with one attached hydrogen (secondary N) is 1. The van der Waals surface area contributed by atoms with Gasteiger partial charge in [0, 0.05) is 34.7 Å². The molecule has 3 rings (SSSR count). The van der Waals surface area contributed by atoms with Crippen LogP contribution >= 0.6 is 0 Å². The van der Waals surface area contributed by atoms with Crippen molar-refractivity contribution in [1.82, 2.24) is 9.88 Å². The molecule has 1 aromatic heterocycles. The number of aromatic nitrogens is 1. The lowest BCUT2D eigenvalue weighted by molar-refractivity contribution is 0.0526. The number of ether oxygens (including phenoxy) is 1. The number of aryl methyl sites for hydroxylation is 1. The molecule has 1 aliphatic carbocycles. The lowest BCUT2D eigenvalue weighted by atomic mass is 9.93. The van der Waals surface area contributed by atoms with E-state index >= 15 is 0 Å². The molecule has 146 valence electrons. The van der Waals surface area contributed by atoms with E-state index in [2.05, 4.69) is 16.8 Å². The summed E-state index contributed by atoms with van der Waals surface area (Å²) in [6.45, 7) is 7.81. The van der Waals surface area contributed by atoms with Crippen molar-refractivity contribution in [3.05, 3.63) is 45.2 Å². The predicted molar refractivity (Wildman–Crippen MR) is 108 cm³/mol. The van der Waals surface area contributed by atoms with Crippen LogP contribution < -0.4 is 5.43 Å². The minimum atomic E-state index is -0.390. The first-order valence-electron chi connectivity index (χ1n) is 10.1. The first kappa shape index (κ1) is 19.6. The Labute approximate surface area is 160 Å². The average molecular weight is 370 g/mol. The zero-order valence-corrected chi connectivity index (χ0v) is 16.6. The third kappa shape index (κ3) is 4.24. The van der Waals surface area contributed by atoms with Gasteiger partial charge in [-0.15, -0.1) is 0 Å². The number of pyridine rings is 1. The molecule has 0 saturated heterocycles. The second-order valence-electron chi connectivity index (χ2n) is 7.39. The summed E-state index contributed by atoms with van der Waals surface area (Å²) in [5.41, 5.74) is 2.91. The molecule has 1 N–H and O–H groups in total. The molecule has 2 aromatic rings. The van der Waals surface area contributed by atoms with Crippen LogP contribution in [0.1, 0.15) is 67.6 Å². The number of benzene rings is 1. The molecule has 5 nitrogen and oxygen atoms in total. The summed E-state index contributed by atoms with van der Waals surface area (Å²) < 4.78 is 5.07. The monoisotopic (exact) mass is 370 g/mol. The van der Waals surface area contributed by atoms with Gasteiger partial charge in [-0.25, -0.2) is 4.79 Å². The quantitative estimate of drug-likeness (QED) is 0.775. The molecule has 0 radical (unpaired) electrons. The number of hydrogen-bond acceptors (Lipinski definition) is 4. The normalized spacial score (nSPS) is 15.4. The fourth-order valence-electron chi connectivity index (χ4n) is 4.13. The summed E-state index contributed by atoms with van der Waals surface area (Å²) in [5.74, 6) is -0.390. The van der Waals surface area contributed by atoms with Crippen molar-refractivity contribution in [2.45, 2.75) is 65.5 Å². The molecule has 27 heavy (non-hydrogen) atoms. The number of fused-ring (bicyclic) bond motifs is 1. The molecule has 1 fully saturated rings. The van der Waals surface area contributed by atoms with Crippen LogP contribution in [-0.2, 0) is 11.3 Å². The number of carbonyl (C=O) groups excluding carboxylic acids is 1. The van der Waals surface area contributed by atoms with Gasteiger partial charge in [-0.1, -0.05) is 26.2 Å². The Morgan fingerprint density at radius 3 is 2.63 bits per heavy atom. The minimum Gasteiger partial charge on any atom is -0.462 e. The summed E-state index contributed by atoms with van der Waals surface area (Å²) in [7, 11) is 0. The summed E-state index contributed by atoms with van der Waals surface area (Å²) in [6, 6.07) is 5.71. The maximum Gasteiger partial charge on any atom is 0.338 e. The van der Waals surface area contributed by atoms with Crippen molar-refractivity contribution in [3.8, 4) is 0 Å². The smallest absolute Gasteiger partial charge is 0.338 e. The Morgan fingerprint density at radius 1 is 1.22 bits per heavy atom. The van der Waals surface area contributed by atoms with Gasteiger partial charge in [-0.05, 0) is 51.4 Å². The third-order valence-corrected chi connectivity index (χ3v) is 5.68. The zero-order chi connectivity index (χ0) is 19.4. The van der Waals surface area contributed by atoms with Crippen molar-refractivity contribution in [2.24, 2.45) is 0 Å². The summed E-state index contributed by atoms with van der Waals surface area (Å²) >= 11 is 0. The third-order valence-electron chi connectivity index (χ3n) is 5.68. The van der Waals surface area contributed by atoms with E-state index in [0.717, 1.165) is 23.3 Å². The molecule has 0 bridgehead atoms. The molecule has 1 heterocycles. The van der Waals surface area contributed by atoms with Crippen LogP contribution in [0.15, 0.2) is 23.0 Å². The van der Waals surface area contributed by atoms with E-state index in [-0.39, 0.29) is 5.43 Å². The van der Waals surface area contributed by atoms with Crippen LogP contribution in [0.25, 0.3) is 10.9 Å². The molecular formula is C22H30N2O3. The highest BCUT2D eigenvalue weighted by Gasteiger charge is 2.22. The van der Waals surface area contributed by atoms with Gasteiger partial charge in [0.15, 0.2) is 5.43 Å². The lowest BCUT2D eigenvalue weighted by Gasteiger charge is -2.33. The number of rotatable bonds is 6. The number of hydrogen-bond donors (Lipinski definition) is 1. The minimum absolute atomic E-state index is 0.0154. The van der Waals surface area contributed by atoms with E-state index in [4.69, 9.17) is 4.74 Å². The van der Waals surface area contributed by atoms with Gasteiger partial charge in [0.25, 0.3) is 0 Å². The second-order valence-corrected chi connectivity index (χ2v) is 7.39. The topological polar surface area (TPSA) is 62.4 Å². The zero-order valence-electron chi connectivity index (χ0n) is 16.6. The summed E-state index contributed by atoms with van der Waals surface area (Å²) in [6.07, 6.45) is 6.30. The first-order chi connectivity index (χ1) is 13.0. The Morgan fingerprint density at radius 2 is 1.96 bits per heavy atom. The number of esters is 1. The van der Waals surface area contributed by atoms with Crippen LogP contribution in [-0.4, -0.2) is 35.0 Å². The van der Waals surface area contributed by atoms with E-state index in [0.29, 0.717) is 30.1 Å². The Balaban J connectivity index is 1.96. The highest BCUT2D eigenvalue weighted by Crippen LogP contribution is 2.24. The number of aromatic amines is 1. The van der Waals surface area contributed by atoms with E-state index in [9.17, 15) is 9.59 Å². The van der Waals surface area contributed by atoms with Crippen LogP contribution in [0.2, 0.25) is 0 Å². The lowest BCUT2D eigenvalue weighted by Crippen LogP contribution is -2.37. The van der Waals surface area contributed by atoms with Crippen LogP contribution in [0.3, 0.4) is 0 Å². The fraction of sp³-hybridized carbons (Fsp3) is 0.545. The first-order valence-corrected chi connectivity index (χ1v) is 10.1. The van der Waals surface area contributed by atoms with Gasteiger partial charge in [-0.2, -0.15) is 0 Å². The van der Waals surface area contributed by atoms with Gasteiger partial charge in [0.2, 0.25) is 0 Å². The van der Waals surface area contributed by atoms with Crippen LogP contribution in [0.5, 0.6) is 0 Å². The van der Waals surface area contributed by atoms with Crippen molar-refractivity contribution in [2.75, 3.05) is 13.2 Å². The standard InChI is InChI=1S/C22H30N2O3/c1-4-24(17-9-7-6-8-10-17)14-19-15(3)23-20-12-11-16(22(26)27-5-2)13-18(20)21(19)25/h11-13,17H,4-10,14H2,1-3H3,(H,23,25). The highest BCUT2D eigenvalue weighted by atomic mass is 16.5. The van der Waals surface area contributed by atoms with Crippen LogP contribution in [0.4, 0.5) is 0 Å². The Kier molecular flexibility index (Phi) is 6.32. The second kappa shape index (κ2) is 8.70.